The molecule has 0 aliphatic rings. The van der Waals surface area contributed by atoms with Gasteiger partial charge in [-0.25, -0.2) is 9.37 Å². The summed E-state index contributed by atoms with van der Waals surface area (Å²) in [6.45, 7) is 1.26. The normalized spacial score (nSPS) is 11.3. The second kappa shape index (κ2) is 5.40. The first-order valence-electron chi connectivity index (χ1n) is 5.78. The van der Waals surface area contributed by atoms with Gasteiger partial charge in [0.2, 0.25) is 0 Å². The number of halogens is 2. The molecule has 1 aromatic carbocycles. The summed E-state index contributed by atoms with van der Waals surface area (Å²) in [5.74, 6) is -0.220. The van der Waals surface area contributed by atoms with E-state index in [2.05, 4.69) is 26.2 Å². The molecule has 0 saturated carbocycles. The van der Waals surface area contributed by atoms with E-state index in [-0.39, 0.29) is 5.82 Å². The molecular weight excluding hydrogens is 329 g/mol. The van der Waals surface area contributed by atoms with Crippen LogP contribution < -0.4 is 5.32 Å². The lowest BCUT2D eigenvalue weighted by molar-refractivity contribution is 0.618. The molecule has 0 bridgehead atoms. The van der Waals surface area contributed by atoms with Crippen LogP contribution in [-0.4, -0.2) is 9.38 Å². The number of hydrogen-bond donors (Lipinski definition) is 1. The molecule has 3 aromatic rings. The van der Waals surface area contributed by atoms with Crippen molar-refractivity contribution in [2.45, 2.75) is 13.1 Å². The monoisotopic (exact) mass is 339 g/mol. The highest BCUT2D eigenvalue weighted by atomic mass is 79.9. The maximum Gasteiger partial charge on any atom is 0.193 e. The zero-order valence-electron chi connectivity index (χ0n) is 9.94. The molecule has 0 aliphatic carbocycles. The Morgan fingerprint density at radius 3 is 3.11 bits per heavy atom. The van der Waals surface area contributed by atoms with E-state index in [0.717, 1.165) is 20.7 Å². The van der Waals surface area contributed by atoms with Crippen molar-refractivity contribution < 1.29 is 4.39 Å². The van der Waals surface area contributed by atoms with E-state index in [1.807, 2.05) is 22.2 Å². The molecule has 1 N–H and O–H groups in total. The van der Waals surface area contributed by atoms with Crippen LogP contribution in [0.1, 0.15) is 11.3 Å². The second-order valence-corrected chi connectivity index (χ2v) is 5.89. The number of imidazole rings is 1. The highest BCUT2D eigenvalue weighted by molar-refractivity contribution is 9.10. The number of benzene rings is 1. The van der Waals surface area contributed by atoms with Crippen molar-refractivity contribution >= 4 is 32.2 Å². The SMILES string of the molecule is Fc1ccc(Br)c(CNCc2cn3ccsc3n2)c1. The molecule has 2 aromatic heterocycles. The number of hydrogen-bond acceptors (Lipinski definition) is 3. The van der Waals surface area contributed by atoms with Gasteiger partial charge in [-0.2, -0.15) is 0 Å². The van der Waals surface area contributed by atoms with E-state index in [4.69, 9.17) is 0 Å². The van der Waals surface area contributed by atoms with Crippen molar-refractivity contribution in [3.63, 3.8) is 0 Å². The summed E-state index contributed by atoms with van der Waals surface area (Å²) in [6.07, 6.45) is 3.99. The third-order valence-electron chi connectivity index (χ3n) is 2.77. The van der Waals surface area contributed by atoms with Crippen LogP contribution in [0.5, 0.6) is 0 Å². The summed E-state index contributed by atoms with van der Waals surface area (Å²) in [4.78, 5) is 5.47. The molecule has 6 heteroatoms. The standard InChI is InChI=1S/C13H11BrFN3S/c14-12-2-1-10(15)5-9(12)6-16-7-11-8-18-3-4-19-13(18)17-11/h1-5,8,16H,6-7H2. The summed E-state index contributed by atoms with van der Waals surface area (Å²) in [7, 11) is 0. The highest BCUT2D eigenvalue weighted by Crippen LogP contribution is 2.18. The second-order valence-electron chi connectivity index (χ2n) is 4.16. The maximum absolute atomic E-state index is 13.1. The van der Waals surface area contributed by atoms with Crippen molar-refractivity contribution in [1.82, 2.24) is 14.7 Å². The first-order chi connectivity index (χ1) is 9.22. The van der Waals surface area contributed by atoms with Crippen LogP contribution in [0.2, 0.25) is 0 Å². The van der Waals surface area contributed by atoms with E-state index in [1.54, 1.807) is 17.4 Å². The van der Waals surface area contributed by atoms with Gasteiger partial charge in [0.25, 0.3) is 0 Å². The molecule has 0 saturated heterocycles. The van der Waals surface area contributed by atoms with Gasteiger partial charge in [-0.15, -0.1) is 11.3 Å². The Kier molecular flexibility index (Phi) is 3.63. The number of rotatable bonds is 4. The molecule has 0 amide bonds. The third kappa shape index (κ3) is 2.86. The Morgan fingerprint density at radius 1 is 1.37 bits per heavy atom. The van der Waals surface area contributed by atoms with Crippen LogP contribution in [0.25, 0.3) is 4.96 Å². The molecule has 19 heavy (non-hydrogen) atoms. The van der Waals surface area contributed by atoms with Crippen molar-refractivity contribution in [2.24, 2.45) is 0 Å². The molecule has 0 radical (unpaired) electrons. The number of aromatic nitrogens is 2. The fourth-order valence-electron chi connectivity index (χ4n) is 1.87. The van der Waals surface area contributed by atoms with Gasteiger partial charge in [-0.3, -0.25) is 4.40 Å². The topological polar surface area (TPSA) is 29.3 Å². The molecule has 2 heterocycles. The van der Waals surface area contributed by atoms with E-state index < -0.39 is 0 Å². The molecule has 0 spiro atoms. The number of nitrogens with zero attached hydrogens (tertiary/aromatic N) is 2. The minimum Gasteiger partial charge on any atom is -0.307 e. The molecule has 0 unspecified atom stereocenters. The Bertz CT molecular complexity index is 678. The van der Waals surface area contributed by atoms with Crippen molar-refractivity contribution in [1.29, 1.82) is 0 Å². The van der Waals surface area contributed by atoms with Gasteiger partial charge < -0.3 is 5.32 Å². The number of nitrogens with one attached hydrogen (secondary N) is 1. The van der Waals surface area contributed by atoms with Gasteiger partial charge >= 0.3 is 0 Å². The minimum atomic E-state index is -0.220. The van der Waals surface area contributed by atoms with Crippen LogP contribution in [0.4, 0.5) is 4.39 Å². The van der Waals surface area contributed by atoms with E-state index in [0.29, 0.717) is 13.1 Å². The van der Waals surface area contributed by atoms with Crippen LogP contribution in [0.15, 0.2) is 40.4 Å². The van der Waals surface area contributed by atoms with Gasteiger partial charge in [0.15, 0.2) is 4.96 Å². The first kappa shape index (κ1) is 12.8. The predicted octanol–water partition coefficient (Wildman–Crippen LogP) is 3.59. The summed E-state index contributed by atoms with van der Waals surface area (Å²) < 4.78 is 16.0. The van der Waals surface area contributed by atoms with Crippen LogP contribution in [0.3, 0.4) is 0 Å². The van der Waals surface area contributed by atoms with Crippen LogP contribution >= 0.6 is 27.3 Å². The van der Waals surface area contributed by atoms with Crippen molar-refractivity contribution in [3.8, 4) is 0 Å². The molecule has 3 rings (SSSR count). The van der Waals surface area contributed by atoms with Gasteiger partial charge in [-0.1, -0.05) is 15.9 Å². The van der Waals surface area contributed by atoms with Gasteiger partial charge in [-0.05, 0) is 23.8 Å². The average molecular weight is 340 g/mol. The zero-order chi connectivity index (χ0) is 13.2. The molecule has 0 aliphatic heterocycles. The summed E-state index contributed by atoms with van der Waals surface area (Å²) in [6, 6.07) is 4.69. The Balaban J connectivity index is 1.63. The Hall–Kier alpha value is -1.24. The van der Waals surface area contributed by atoms with Crippen molar-refractivity contribution in [2.75, 3.05) is 0 Å². The van der Waals surface area contributed by atoms with E-state index >= 15 is 0 Å². The summed E-state index contributed by atoms with van der Waals surface area (Å²) >= 11 is 5.02. The summed E-state index contributed by atoms with van der Waals surface area (Å²) in [5.41, 5.74) is 1.89. The van der Waals surface area contributed by atoms with Crippen LogP contribution in [0, 0.1) is 5.82 Å². The van der Waals surface area contributed by atoms with E-state index in [1.165, 1.54) is 12.1 Å². The molecular formula is C13H11BrFN3S. The molecule has 0 fully saturated rings. The average Bonchev–Trinajstić information content (AvgIpc) is 2.94. The highest BCUT2D eigenvalue weighted by Gasteiger charge is 2.04. The fraction of sp³-hybridized carbons (Fsp3) is 0.154. The number of fused-ring (bicyclic) bond motifs is 1. The molecule has 98 valence electrons. The van der Waals surface area contributed by atoms with Gasteiger partial charge in [0.05, 0.1) is 5.69 Å². The Labute approximate surface area is 122 Å². The Morgan fingerprint density at radius 2 is 2.26 bits per heavy atom. The first-order valence-corrected chi connectivity index (χ1v) is 7.45. The smallest absolute Gasteiger partial charge is 0.193 e. The van der Waals surface area contributed by atoms with Crippen LogP contribution in [-0.2, 0) is 13.1 Å². The van der Waals surface area contributed by atoms with Gasteiger partial charge in [0, 0.05) is 35.3 Å². The predicted molar refractivity (Wildman–Crippen MR) is 77.7 cm³/mol. The maximum atomic E-state index is 13.1. The fourth-order valence-corrected chi connectivity index (χ4v) is 2.97. The lowest BCUT2D eigenvalue weighted by atomic mass is 10.2. The zero-order valence-corrected chi connectivity index (χ0v) is 12.3. The lowest BCUT2D eigenvalue weighted by Crippen LogP contribution is -2.13. The van der Waals surface area contributed by atoms with Gasteiger partial charge in [0.1, 0.15) is 5.82 Å². The largest absolute Gasteiger partial charge is 0.307 e. The van der Waals surface area contributed by atoms with Crippen molar-refractivity contribution in [3.05, 3.63) is 57.5 Å². The lowest BCUT2D eigenvalue weighted by Gasteiger charge is -2.05. The number of thiazole rings is 1. The summed E-state index contributed by atoms with van der Waals surface area (Å²) in [5, 5.41) is 5.27. The third-order valence-corrected chi connectivity index (χ3v) is 4.32. The molecule has 0 atom stereocenters. The van der Waals surface area contributed by atoms with E-state index in [9.17, 15) is 4.39 Å². The molecule has 3 nitrogen and oxygen atoms in total. The quantitative estimate of drug-likeness (QED) is 0.787. The minimum absolute atomic E-state index is 0.220.